The van der Waals surface area contributed by atoms with E-state index in [1.54, 1.807) is 24.3 Å². The Morgan fingerprint density at radius 2 is 2.05 bits per heavy atom. The van der Waals surface area contributed by atoms with Crippen LogP contribution in [0, 0.1) is 0 Å². The van der Waals surface area contributed by atoms with E-state index in [0.29, 0.717) is 25.3 Å². The van der Waals surface area contributed by atoms with Gasteiger partial charge in [-0.1, -0.05) is 6.92 Å². The lowest BCUT2D eigenvalue weighted by molar-refractivity contribution is -0.674. The van der Waals surface area contributed by atoms with Crippen LogP contribution in [0.25, 0.3) is 0 Å². The van der Waals surface area contributed by atoms with Gasteiger partial charge >= 0.3 is 0 Å². The van der Waals surface area contributed by atoms with E-state index in [2.05, 4.69) is 0 Å². The van der Waals surface area contributed by atoms with Crippen LogP contribution < -0.4 is 15.0 Å². The predicted octanol–water partition coefficient (Wildman–Crippen LogP) is 0.0531. The first-order valence-corrected chi connectivity index (χ1v) is 7.71. The van der Waals surface area contributed by atoms with E-state index in [4.69, 9.17) is 9.84 Å². The summed E-state index contributed by atoms with van der Waals surface area (Å²) in [6.45, 7) is 3.40. The van der Waals surface area contributed by atoms with Crippen molar-refractivity contribution < 1.29 is 24.7 Å². The van der Waals surface area contributed by atoms with Gasteiger partial charge < -0.3 is 15.2 Å². The molecule has 1 fully saturated rings. The molecule has 1 atom stereocenters. The Morgan fingerprint density at radius 1 is 1.32 bits per heavy atom. The molecule has 6 heteroatoms. The summed E-state index contributed by atoms with van der Waals surface area (Å²) in [5.41, 5.74) is 0.580. The number of carbonyl (C=O) groups is 2. The summed E-state index contributed by atoms with van der Waals surface area (Å²) < 4.78 is 5.49. The monoisotopic (exact) mass is 307 g/mol. The highest BCUT2D eigenvalue weighted by Crippen LogP contribution is 2.24. The first-order valence-electron chi connectivity index (χ1n) is 7.71. The van der Waals surface area contributed by atoms with Gasteiger partial charge in [-0.3, -0.25) is 9.59 Å². The zero-order chi connectivity index (χ0) is 15.9. The quantitative estimate of drug-likeness (QED) is 0.525. The molecule has 1 aromatic rings. The van der Waals surface area contributed by atoms with Crippen LogP contribution in [0.1, 0.15) is 26.2 Å². The molecule has 6 nitrogen and oxygen atoms in total. The molecule has 2 rings (SSSR count). The highest BCUT2D eigenvalue weighted by molar-refractivity contribution is 6.21. The largest absolute Gasteiger partial charge is 0.494 e. The van der Waals surface area contributed by atoms with Crippen LogP contribution in [0.3, 0.4) is 0 Å². The van der Waals surface area contributed by atoms with Gasteiger partial charge in [0, 0.05) is 13.0 Å². The van der Waals surface area contributed by atoms with Gasteiger partial charge in [-0.2, -0.15) is 0 Å². The molecule has 22 heavy (non-hydrogen) atoms. The van der Waals surface area contributed by atoms with Crippen LogP contribution in [-0.4, -0.2) is 42.7 Å². The van der Waals surface area contributed by atoms with Crippen LogP contribution in [0.4, 0.5) is 5.69 Å². The molecule has 0 spiro atoms. The van der Waals surface area contributed by atoms with Crippen molar-refractivity contribution in [2.75, 3.05) is 24.7 Å². The van der Waals surface area contributed by atoms with Gasteiger partial charge in [0.05, 0.1) is 25.3 Å². The predicted molar refractivity (Wildman–Crippen MR) is 81.6 cm³/mol. The van der Waals surface area contributed by atoms with E-state index in [1.807, 2.05) is 12.2 Å². The van der Waals surface area contributed by atoms with Crippen LogP contribution in [0.15, 0.2) is 24.3 Å². The van der Waals surface area contributed by atoms with Crippen LogP contribution in [0.2, 0.25) is 0 Å². The van der Waals surface area contributed by atoms with Crippen molar-refractivity contribution in [3.8, 4) is 5.75 Å². The number of quaternary nitrogens is 1. The molecule has 0 bridgehead atoms. The number of rotatable bonds is 8. The minimum absolute atomic E-state index is 0.0916. The Balaban J connectivity index is 2.01. The first kappa shape index (κ1) is 16.5. The maximum absolute atomic E-state index is 12.3. The van der Waals surface area contributed by atoms with Crippen LogP contribution in [-0.2, 0) is 9.59 Å². The molecule has 1 aliphatic heterocycles. The van der Waals surface area contributed by atoms with Gasteiger partial charge in [0.2, 0.25) is 5.91 Å². The Hall–Kier alpha value is -1.92. The number of hydrogen-bond donors (Lipinski definition) is 2. The summed E-state index contributed by atoms with van der Waals surface area (Å²) in [5.74, 6) is 0.360. The van der Waals surface area contributed by atoms with E-state index in [9.17, 15) is 9.59 Å². The number of carbonyl (C=O) groups excluding carboxylic acids is 2. The number of aliphatic hydroxyl groups excluding tert-OH is 1. The van der Waals surface area contributed by atoms with Gasteiger partial charge in [0.25, 0.3) is 5.91 Å². The lowest BCUT2D eigenvalue weighted by Crippen LogP contribution is -2.91. The summed E-state index contributed by atoms with van der Waals surface area (Å²) in [6, 6.07) is 6.63. The SMILES string of the molecule is CCCOc1ccc(N2C(=O)CC([NH2+]CCCO)C2=O)cc1. The molecular formula is C16H23N2O4+. The number of imide groups is 1. The zero-order valence-corrected chi connectivity index (χ0v) is 12.8. The molecule has 0 saturated carbocycles. The van der Waals surface area contributed by atoms with Crippen molar-refractivity contribution in [2.24, 2.45) is 0 Å². The number of anilines is 1. The van der Waals surface area contributed by atoms with E-state index in [1.165, 1.54) is 4.90 Å². The number of ether oxygens (including phenoxy) is 1. The number of benzene rings is 1. The fraction of sp³-hybridized carbons (Fsp3) is 0.500. The Labute approximate surface area is 130 Å². The molecule has 0 radical (unpaired) electrons. The summed E-state index contributed by atoms with van der Waals surface area (Å²) in [5, 5.41) is 10.6. The van der Waals surface area contributed by atoms with E-state index >= 15 is 0 Å². The molecule has 120 valence electrons. The summed E-state index contributed by atoms with van der Waals surface area (Å²) in [4.78, 5) is 25.7. The zero-order valence-electron chi connectivity index (χ0n) is 12.8. The minimum atomic E-state index is -0.380. The van der Waals surface area contributed by atoms with E-state index < -0.39 is 0 Å². The average Bonchev–Trinajstić information content (AvgIpc) is 2.80. The standard InChI is InChI=1S/C16H22N2O4/c1-2-10-22-13-6-4-12(5-7-13)18-15(20)11-14(16(18)21)17-8-3-9-19/h4-7,14,17,19H,2-3,8-11H2,1H3/p+1. The summed E-state index contributed by atoms with van der Waals surface area (Å²) in [7, 11) is 0. The van der Waals surface area contributed by atoms with Crippen molar-refractivity contribution in [1.82, 2.24) is 0 Å². The summed E-state index contributed by atoms with van der Waals surface area (Å²) in [6.07, 6.45) is 1.75. The number of amides is 2. The smallest absolute Gasteiger partial charge is 0.292 e. The lowest BCUT2D eigenvalue weighted by atomic mass is 10.2. The molecule has 0 aromatic heterocycles. The normalized spacial score (nSPS) is 18.1. The third-order valence-electron chi connectivity index (χ3n) is 3.56. The van der Waals surface area contributed by atoms with Crippen LogP contribution >= 0.6 is 0 Å². The van der Waals surface area contributed by atoms with Crippen LogP contribution in [0.5, 0.6) is 5.75 Å². The third kappa shape index (κ3) is 3.84. The Kier molecular flexibility index (Phi) is 5.91. The number of nitrogens with two attached hydrogens (primary N) is 1. The number of nitrogens with zero attached hydrogens (tertiary/aromatic N) is 1. The van der Waals surface area contributed by atoms with Crippen molar-refractivity contribution in [1.29, 1.82) is 0 Å². The highest BCUT2D eigenvalue weighted by atomic mass is 16.5. The van der Waals surface area contributed by atoms with Gasteiger partial charge in [0.1, 0.15) is 5.75 Å². The van der Waals surface area contributed by atoms with Crippen molar-refractivity contribution in [3.63, 3.8) is 0 Å². The lowest BCUT2D eigenvalue weighted by Gasteiger charge is -2.15. The average molecular weight is 307 g/mol. The molecule has 2 amide bonds. The minimum Gasteiger partial charge on any atom is -0.494 e. The highest BCUT2D eigenvalue weighted by Gasteiger charge is 2.41. The van der Waals surface area contributed by atoms with Gasteiger partial charge in [-0.05, 0) is 30.7 Å². The maximum atomic E-state index is 12.3. The molecule has 1 unspecified atom stereocenters. The first-order chi connectivity index (χ1) is 10.7. The van der Waals surface area contributed by atoms with Crippen molar-refractivity contribution >= 4 is 17.5 Å². The van der Waals surface area contributed by atoms with Crippen molar-refractivity contribution in [3.05, 3.63) is 24.3 Å². The second-order valence-corrected chi connectivity index (χ2v) is 5.32. The topological polar surface area (TPSA) is 83.4 Å². The summed E-state index contributed by atoms with van der Waals surface area (Å²) >= 11 is 0. The molecule has 0 aliphatic carbocycles. The fourth-order valence-corrected chi connectivity index (χ4v) is 2.43. The second kappa shape index (κ2) is 7.91. The molecule has 1 aromatic carbocycles. The molecule has 3 N–H and O–H groups in total. The van der Waals surface area contributed by atoms with E-state index in [-0.39, 0.29) is 30.9 Å². The second-order valence-electron chi connectivity index (χ2n) is 5.32. The number of aliphatic hydroxyl groups is 1. The third-order valence-corrected chi connectivity index (χ3v) is 3.56. The Bertz CT molecular complexity index is 515. The maximum Gasteiger partial charge on any atom is 0.292 e. The van der Waals surface area contributed by atoms with Gasteiger partial charge in [-0.15, -0.1) is 0 Å². The van der Waals surface area contributed by atoms with Crippen molar-refractivity contribution in [2.45, 2.75) is 32.2 Å². The molecule has 1 heterocycles. The number of hydrogen-bond acceptors (Lipinski definition) is 4. The molecule has 1 saturated heterocycles. The van der Waals surface area contributed by atoms with E-state index in [0.717, 1.165) is 12.2 Å². The van der Waals surface area contributed by atoms with Gasteiger partial charge in [0.15, 0.2) is 6.04 Å². The molecule has 1 aliphatic rings. The van der Waals surface area contributed by atoms with Gasteiger partial charge in [-0.25, -0.2) is 4.90 Å². The Morgan fingerprint density at radius 3 is 2.68 bits per heavy atom. The molecular weight excluding hydrogens is 284 g/mol. The fourth-order valence-electron chi connectivity index (χ4n) is 2.43.